The van der Waals surface area contributed by atoms with Gasteiger partial charge in [-0.05, 0) is 5.39 Å². The van der Waals surface area contributed by atoms with Crippen molar-refractivity contribution in [1.82, 2.24) is 24.1 Å². The third-order valence-corrected chi connectivity index (χ3v) is 14.6. The van der Waals surface area contributed by atoms with Crippen LogP contribution in [-0.2, 0) is 0 Å². The summed E-state index contributed by atoms with van der Waals surface area (Å²) < 4.78 is 2.81. The molecule has 0 saturated heterocycles. The van der Waals surface area contributed by atoms with Gasteiger partial charge in [0.25, 0.3) is 0 Å². The summed E-state index contributed by atoms with van der Waals surface area (Å²) in [6, 6.07) is 0. The highest BCUT2D eigenvalue weighted by molar-refractivity contribution is 6.75. The minimum absolute atomic E-state index is 0.0000527. The van der Waals surface area contributed by atoms with Gasteiger partial charge in [-0.3, -0.25) is 0 Å². The molecule has 0 aliphatic rings. The molecule has 3 heterocycles. The average Bonchev–Trinajstić information content (AvgIpc) is 3.06. The van der Waals surface area contributed by atoms with Crippen LogP contribution in [-0.4, -0.2) is 252 Å². The fraction of sp³-hybridized carbons (Fsp3) is 0. The summed E-state index contributed by atoms with van der Waals surface area (Å²) in [6.07, 6.45) is 0. The lowest BCUT2D eigenvalue weighted by atomic mass is 9.60. The van der Waals surface area contributed by atoms with Crippen molar-refractivity contribution in [2.75, 3.05) is 0 Å². The molecular weight excluding hydrogens is 924 g/mol. The number of benzene rings is 7. The van der Waals surface area contributed by atoms with E-state index in [-0.39, 0.29) is 242 Å². The lowest BCUT2D eigenvalue weighted by Gasteiger charge is -2.26. The molecule has 79 heavy (non-hydrogen) atoms. The Labute approximate surface area is 495 Å². The molecule has 58 radical (unpaired) electrons. The van der Waals surface area contributed by atoms with Gasteiger partial charge < -0.3 is 9.13 Å². The quantitative estimate of drug-likeness (QED) is 0.162. The lowest BCUT2D eigenvalue weighted by molar-refractivity contribution is 1.08. The first kappa shape index (κ1) is 57.3. The molecule has 10 rings (SSSR count). The number of fused-ring (bicyclic) bond motifs is 7. The molecule has 0 atom stereocenters. The molecule has 3 aromatic heterocycles. The molecule has 0 amide bonds. The fourth-order valence-electron chi connectivity index (χ4n) is 10.2. The van der Waals surface area contributed by atoms with Crippen molar-refractivity contribution in [1.29, 1.82) is 0 Å². The summed E-state index contributed by atoms with van der Waals surface area (Å²) in [7, 11) is 194. The van der Waals surface area contributed by atoms with E-state index in [4.69, 9.17) is 238 Å². The van der Waals surface area contributed by atoms with Gasteiger partial charge in [0.15, 0.2) is 17.5 Å². The van der Waals surface area contributed by atoms with Crippen molar-refractivity contribution in [3.63, 3.8) is 0 Å². The zero-order chi connectivity index (χ0) is 58.3. The van der Waals surface area contributed by atoms with E-state index in [1.54, 1.807) is 0 Å². The maximum Gasteiger partial charge on any atom is 0.162 e. The minimum Gasteiger partial charge on any atom is -0.312 e. The minimum atomic E-state index is -0.393. The molecule has 0 bridgehead atoms. The van der Waals surface area contributed by atoms with Crippen LogP contribution in [0.3, 0.4) is 0 Å². The van der Waals surface area contributed by atoms with E-state index in [1.807, 2.05) is 0 Å². The van der Waals surface area contributed by atoms with Crippen LogP contribution < -0.4 is 158 Å². The van der Waals surface area contributed by atoms with E-state index >= 15 is 0 Å². The highest BCUT2D eigenvalue weighted by Gasteiger charge is 2.32. The standard InChI is InChI=1S/C45B29N5/c46-8-2-1-10(48)31(69)40-4(3-9(47)18(56)28(66)33(71)39(3)79(40)42-35(73)29(67)26(64)30(68)36(42)74)37(1)78(38(2)32(70)27(65)17(8)55)41-16(54)7(15(53)23(61)34(41)72)45-76-43(5-11(49)19(57)24(62)20(58)12(5)50)75-44(77-45)6-13(51)21(59)25(63)22(60)14(6)52. The Morgan fingerprint density at radius 1 is 0.165 bits per heavy atom. The van der Waals surface area contributed by atoms with Gasteiger partial charge in [0.1, 0.15) is 228 Å². The third-order valence-electron chi connectivity index (χ3n) is 14.6. The largest absolute Gasteiger partial charge is 0.312 e. The van der Waals surface area contributed by atoms with E-state index in [2.05, 4.69) is 4.98 Å². The molecule has 34 heteroatoms. The SMILES string of the molecule is [B]c1c([B])c([B])c(-c2nc(-c3c([B])c([B])c([B])c([B])c3[B])nc(-c3c([B])c([B])c([B])c(-n4c5c([B])c([B])c([B])c([B])c5c5c([B])c([B])c6c(c7c([B])c([B])c([B])c([B])c7n6-c6c([B])c([B])c([B])c([B])c6[B])c54)c3[B])n2)c([B])c1[B]. The predicted molar refractivity (Wildman–Crippen MR) is 361 cm³/mol. The normalized spacial score (nSPS) is 11.7. The molecule has 10 aromatic rings. The first-order valence-electron chi connectivity index (χ1n) is 22.8. The molecule has 0 saturated carbocycles. The molecule has 5 nitrogen and oxygen atoms in total. The zero-order valence-corrected chi connectivity index (χ0v) is 41.5. The highest BCUT2D eigenvalue weighted by atomic mass is 15.1. The van der Waals surface area contributed by atoms with Gasteiger partial charge in [-0.2, -0.15) is 0 Å². The van der Waals surface area contributed by atoms with Gasteiger partial charge in [-0.25, -0.2) is 15.0 Å². The van der Waals surface area contributed by atoms with Crippen molar-refractivity contribution < 1.29 is 0 Å². The Morgan fingerprint density at radius 2 is 0.354 bits per heavy atom. The summed E-state index contributed by atoms with van der Waals surface area (Å²) in [4.78, 5) is 14.2. The van der Waals surface area contributed by atoms with E-state index < -0.39 is 5.82 Å². The van der Waals surface area contributed by atoms with Gasteiger partial charge in [0.2, 0.25) is 0 Å². The summed E-state index contributed by atoms with van der Waals surface area (Å²) in [6.45, 7) is 0. The number of hydrogen-bond acceptors (Lipinski definition) is 3. The van der Waals surface area contributed by atoms with E-state index in [9.17, 15) is 0 Å². The molecule has 0 aliphatic heterocycles. The van der Waals surface area contributed by atoms with Gasteiger partial charge in [-0.15, -0.1) is 76.5 Å². The number of hydrogen-bond donors (Lipinski definition) is 0. The third kappa shape index (κ3) is 7.68. The second kappa shape index (κ2) is 19.6. The van der Waals surface area contributed by atoms with Crippen LogP contribution in [0.4, 0.5) is 0 Å². The molecule has 292 valence electrons. The van der Waals surface area contributed by atoms with Crippen LogP contribution in [0.25, 0.3) is 89.2 Å². The van der Waals surface area contributed by atoms with Gasteiger partial charge in [-0.1, -0.05) is 81.9 Å². The molecule has 0 spiro atoms. The fourth-order valence-corrected chi connectivity index (χ4v) is 10.2. The van der Waals surface area contributed by atoms with Crippen molar-refractivity contribution in [3.8, 4) is 45.5 Å². The van der Waals surface area contributed by atoms with Gasteiger partial charge in [0, 0.05) is 60.8 Å². The molecular formula is C45B29N5. The van der Waals surface area contributed by atoms with Crippen LogP contribution in [0, 0.1) is 0 Å². The molecule has 0 fully saturated rings. The van der Waals surface area contributed by atoms with E-state index in [0.717, 1.165) is 0 Å². The van der Waals surface area contributed by atoms with Crippen molar-refractivity contribution in [2.45, 2.75) is 0 Å². The zero-order valence-electron chi connectivity index (χ0n) is 41.5. The Bertz CT molecular complexity index is 4370. The first-order valence-corrected chi connectivity index (χ1v) is 22.8. The molecule has 0 unspecified atom stereocenters. The van der Waals surface area contributed by atoms with Crippen molar-refractivity contribution in [2.24, 2.45) is 0 Å². The number of rotatable bonds is 5. The first-order chi connectivity index (χ1) is 36.9. The van der Waals surface area contributed by atoms with E-state index in [0.29, 0.717) is 0 Å². The summed E-state index contributed by atoms with van der Waals surface area (Å²) in [5, 5.41) is 0.209. The molecule has 7 aromatic carbocycles. The van der Waals surface area contributed by atoms with Crippen LogP contribution in [0.1, 0.15) is 0 Å². The van der Waals surface area contributed by atoms with Crippen LogP contribution in [0.5, 0.6) is 0 Å². The van der Waals surface area contributed by atoms with Crippen molar-refractivity contribution in [3.05, 3.63) is 0 Å². The average molecular weight is 924 g/mol. The summed E-state index contributed by atoms with van der Waals surface area (Å²) >= 11 is 0. The maximum absolute atomic E-state index is 7.46. The second-order valence-electron chi connectivity index (χ2n) is 18.7. The van der Waals surface area contributed by atoms with Gasteiger partial charge in [0.05, 0.1) is 5.52 Å². The van der Waals surface area contributed by atoms with Crippen LogP contribution in [0.15, 0.2) is 0 Å². The van der Waals surface area contributed by atoms with E-state index in [1.165, 1.54) is 9.13 Å². The summed E-state index contributed by atoms with van der Waals surface area (Å²) in [5.41, 5.74) is -6.64. The van der Waals surface area contributed by atoms with Gasteiger partial charge >= 0.3 is 0 Å². The number of aromatic nitrogens is 5. The Kier molecular flexibility index (Phi) is 14.2. The Morgan fingerprint density at radius 3 is 0.709 bits per heavy atom. The maximum atomic E-state index is 7.46. The van der Waals surface area contributed by atoms with Crippen LogP contribution >= 0.6 is 0 Å². The monoisotopic (exact) mass is 929 g/mol. The topological polar surface area (TPSA) is 48.5 Å². The molecule has 0 aliphatic carbocycles. The van der Waals surface area contributed by atoms with Crippen molar-refractivity contribution >= 4 is 430 Å². The number of nitrogens with zero attached hydrogens (tertiary/aromatic N) is 5. The Hall–Kier alpha value is -4.97. The predicted octanol–water partition coefficient (Wildman–Crippen LogP) is -23.9. The lowest BCUT2D eigenvalue weighted by Crippen LogP contribution is -2.56. The highest BCUT2D eigenvalue weighted by Crippen LogP contribution is 2.38. The Balaban J connectivity index is 1.49. The second-order valence-corrected chi connectivity index (χ2v) is 18.7. The van der Waals surface area contributed by atoms with Crippen LogP contribution in [0.2, 0.25) is 0 Å². The molecule has 0 N–H and O–H groups in total. The summed E-state index contributed by atoms with van der Waals surface area (Å²) in [5.74, 6) is -1.06. The smallest absolute Gasteiger partial charge is 0.162 e.